The number of rotatable bonds is 8. The number of nitrogens with one attached hydrogen (secondary N) is 1. The highest BCUT2D eigenvalue weighted by Crippen LogP contribution is 2.06. The molecule has 0 bridgehead atoms. The maximum Gasteiger partial charge on any atom is 0.326 e. The Labute approximate surface area is 119 Å². The summed E-state index contributed by atoms with van der Waals surface area (Å²) in [6, 6.07) is 8.41. The second-order valence-corrected chi connectivity index (χ2v) is 5.08. The zero-order valence-electron chi connectivity index (χ0n) is 11.9. The van der Waals surface area contributed by atoms with Crippen molar-refractivity contribution in [2.45, 2.75) is 32.7 Å². The third-order valence-corrected chi connectivity index (χ3v) is 2.82. The lowest BCUT2D eigenvalue weighted by molar-refractivity contribution is -0.139. The molecule has 20 heavy (non-hydrogen) atoms. The van der Waals surface area contributed by atoms with Crippen LogP contribution in [0.4, 0.5) is 0 Å². The summed E-state index contributed by atoms with van der Waals surface area (Å²) in [5, 5.41) is 11.9. The molecular weight excluding hydrogens is 254 g/mol. The summed E-state index contributed by atoms with van der Waals surface area (Å²) in [6.45, 7) is 3.94. The van der Waals surface area contributed by atoms with Gasteiger partial charge in [0.05, 0.1) is 0 Å². The number of carbonyl (C=O) groups excluding carboxylic acids is 1. The Morgan fingerprint density at radius 2 is 1.90 bits per heavy atom. The fourth-order valence-electron chi connectivity index (χ4n) is 1.80. The van der Waals surface area contributed by atoms with Crippen molar-refractivity contribution < 1.29 is 14.7 Å². The van der Waals surface area contributed by atoms with Crippen LogP contribution in [0, 0.1) is 5.92 Å². The molecule has 1 atom stereocenters. The fraction of sp³-hybridized carbons (Fsp3) is 0.375. The molecule has 0 radical (unpaired) electrons. The predicted octanol–water partition coefficient (Wildman–Crippen LogP) is 2.86. The third-order valence-electron chi connectivity index (χ3n) is 2.82. The van der Waals surface area contributed by atoms with E-state index in [9.17, 15) is 9.59 Å². The SMILES string of the molecule is CC(C)C[C@H](N/C=C/CC(=O)c1ccccc1)C(=O)O. The monoisotopic (exact) mass is 275 g/mol. The van der Waals surface area contributed by atoms with Gasteiger partial charge in [0, 0.05) is 12.0 Å². The molecule has 0 heterocycles. The molecule has 4 heteroatoms. The molecule has 0 aliphatic rings. The second kappa shape index (κ2) is 8.15. The number of hydrogen-bond acceptors (Lipinski definition) is 3. The van der Waals surface area contributed by atoms with Gasteiger partial charge in [0.1, 0.15) is 6.04 Å². The molecule has 0 saturated heterocycles. The van der Waals surface area contributed by atoms with E-state index in [0.29, 0.717) is 17.9 Å². The van der Waals surface area contributed by atoms with Crippen LogP contribution < -0.4 is 5.32 Å². The Hall–Kier alpha value is -2.10. The number of Topliss-reactive ketones (excluding diaryl/α,β-unsaturated/α-hetero) is 1. The Morgan fingerprint density at radius 3 is 2.45 bits per heavy atom. The van der Waals surface area contributed by atoms with Crippen molar-refractivity contribution in [2.24, 2.45) is 5.92 Å². The van der Waals surface area contributed by atoms with Crippen LogP contribution in [0.3, 0.4) is 0 Å². The lowest BCUT2D eigenvalue weighted by Gasteiger charge is -2.14. The summed E-state index contributed by atoms with van der Waals surface area (Å²) >= 11 is 0. The molecule has 108 valence electrons. The number of carboxylic acids is 1. The van der Waals surface area contributed by atoms with Gasteiger partial charge in [0.25, 0.3) is 0 Å². The van der Waals surface area contributed by atoms with Crippen LogP contribution in [-0.4, -0.2) is 22.9 Å². The molecule has 4 nitrogen and oxygen atoms in total. The van der Waals surface area contributed by atoms with E-state index in [1.165, 1.54) is 0 Å². The number of ketones is 1. The number of carbonyl (C=O) groups is 2. The number of carboxylic acid groups (broad SMARTS) is 1. The van der Waals surface area contributed by atoms with E-state index in [1.807, 2.05) is 32.0 Å². The summed E-state index contributed by atoms with van der Waals surface area (Å²) < 4.78 is 0. The summed E-state index contributed by atoms with van der Waals surface area (Å²) in [6.07, 6.45) is 4.02. The van der Waals surface area contributed by atoms with Gasteiger partial charge in [-0.15, -0.1) is 0 Å². The number of allylic oxidation sites excluding steroid dienone is 1. The summed E-state index contributed by atoms with van der Waals surface area (Å²) in [7, 11) is 0. The quantitative estimate of drug-likeness (QED) is 0.716. The highest BCUT2D eigenvalue weighted by molar-refractivity contribution is 5.96. The first-order valence-corrected chi connectivity index (χ1v) is 6.72. The molecular formula is C16H21NO3. The molecule has 1 aromatic rings. The summed E-state index contributed by atoms with van der Waals surface area (Å²) in [4.78, 5) is 22.8. The first-order valence-electron chi connectivity index (χ1n) is 6.72. The Bertz CT molecular complexity index is 466. The van der Waals surface area contributed by atoms with E-state index < -0.39 is 12.0 Å². The van der Waals surface area contributed by atoms with Gasteiger partial charge < -0.3 is 10.4 Å². The van der Waals surface area contributed by atoms with Crippen LogP contribution >= 0.6 is 0 Å². The van der Waals surface area contributed by atoms with Crippen LogP contribution in [0.2, 0.25) is 0 Å². The Morgan fingerprint density at radius 1 is 1.25 bits per heavy atom. The van der Waals surface area contributed by atoms with Crippen LogP contribution in [0.5, 0.6) is 0 Å². The highest BCUT2D eigenvalue weighted by Gasteiger charge is 2.16. The second-order valence-electron chi connectivity index (χ2n) is 5.08. The van der Waals surface area contributed by atoms with E-state index >= 15 is 0 Å². The third kappa shape index (κ3) is 5.69. The maximum atomic E-state index is 11.8. The van der Waals surface area contributed by atoms with Crippen molar-refractivity contribution >= 4 is 11.8 Å². The first kappa shape index (κ1) is 16.0. The van der Waals surface area contributed by atoms with Gasteiger partial charge in [-0.3, -0.25) is 4.79 Å². The van der Waals surface area contributed by atoms with Gasteiger partial charge >= 0.3 is 5.97 Å². The van der Waals surface area contributed by atoms with Crippen molar-refractivity contribution in [3.05, 3.63) is 48.2 Å². The molecule has 0 amide bonds. The summed E-state index contributed by atoms with van der Waals surface area (Å²) in [5.41, 5.74) is 0.661. The van der Waals surface area contributed by atoms with Crippen molar-refractivity contribution in [1.29, 1.82) is 0 Å². The predicted molar refractivity (Wildman–Crippen MR) is 78.5 cm³/mol. The molecule has 0 saturated carbocycles. The molecule has 0 aliphatic heterocycles. The van der Waals surface area contributed by atoms with Crippen molar-refractivity contribution in [3.63, 3.8) is 0 Å². The molecule has 2 N–H and O–H groups in total. The average Bonchev–Trinajstić information content (AvgIpc) is 2.42. The highest BCUT2D eigenvalue weighted by atomic mass is 16.4. The Kier molecular flexibility index (Phi) is 6.50. The zero-order chi connectivity index (χ0) is 15.0. The van der Waals surface area contributed by atoms with Gasteiger partial charge in [-0.2, -0.15) is 0 Å². The van der Waals surface area contributed by atoms with Gasteiger partial charge in [0.2, 0.25) is 0 Å². The molecule has 1 rings (SSSR count). The van der Waals surface area contributed by atoms with Crippen LogP contribution in [0.15, 0.2) is 42.6 Å². The smallest absolute Gasteiger partial charge is 0.326 e. The lowest BCUT2D eigenvalue weighted by atomic mass is 10.0. The molecule has 0 spiro atoms. The fourth-order valence-corrected chi connectivity index (χ4v) is 1.80. The lowest BCUT2D eigenvalue weighted by Crippen LogP contribution is -2.34. The van der Waals surface area contributed by atoms with E-state index in [-0.39, 0.29) is 12.2 Å². The van der Waals surface area contributed by atoms with E-state index in [2.05, 4.69) is 5.32 Å². The van der Waals surface area contributed by atoms with Gasteiger partial charge in [-0.1, -0.05) is 50.3 Å². The normalized spacial score (nSPS) is 12.6. The minimum atomic E-state index is -0.877. The number of aliphatic carboxylic acids is 1. The first-order chi connectivity index (χ1) is 9.50. The largest absolute Gasteiger partial charge is 0.480 e. The van der Waals surface area contributed by atoms with Gasteiger partial charge in [-0.25, -0.2) is 4.79 Å². The Balaban J connectivity index is 2.44. The number of benzene rings is 1. The minimum Gasteiger partial charge on any atom is -0.480 e. The van der Waals surface area contributed by atoms with E-state index in [0.717, 1.165) is 0 Å². The van der Waals surface area contributed by atoms with Crippen LogP contribution in [0.1, 0.15) is 37.0 Å². The van der Waals surface area contributed by atoms with E-state index in [4.69, 9.17) is 5.11 Å². The van der Waals surface area contributed by atoms with Crippen molar-refractivity contribution in [2.75, 3.05) is 0 Å². The summed E-state index contributed by atoms with van der Waals surface area (Å²) in [5.74, 6) is -0.569. The maximum absolute atomic E-state index is 11.8. The van der Waals surface area contributed by atoms with Crippen LogP contribution in [0.25, 0.3) is 0 Å². The van der Waals surface area contributed by atoms with Gasteiger partial charge in [0.15, 0.2) is 5.78 Å². The standard InChI is InChI=1S/C16H21NO3/c1-12(2)11-14(16(19)20)17-10-6-9-15(18)13-7-4-3-5-8-13/h3-8,10,12,14,17H,9,11H2,1-2H3,(H,19,20)/b10-6+/t14-/m0/s1. The average molecular weight is 275 g/mol. The zero-order valence-corrected chi connectivity index (χ0v) is 11.9. The molecule has 0 aromatic heterocycles. The van der Waals surface area contributed by atoms with E-state index in [1.54, 1.807) is 24.4 Å². The molecule has 0 aliphatic carbocycles. The topological polar surface area (TPSA) is 66.4 Å². The van der Waals surface area contributed by atoms with Crippen molar-refractivity contribution in [3.8, 4) is 0 Å². The molecule has 1 aromatic carbocycles. The van der Waals surface area contributed by atoms with Crippen LogP contribution in [-0.2, 0) is 4.79 Å². The molecule has 0 unspecified atom stereocenters. The van der Waals surface area contributed by atoms with Gasteiger partial charge in [-0.05, 0) is 18.5 Å². The number of hydrogen-bond donors (Lipinski definition) is 2. The van der Waals surface area contributed by atoms with Crippen molar-refractivity contribution in [1.82, 2.24) is 5.32 Å². The molecule has 0 fully saturated rings. The minimum absolute atomic E-state index is 0.0133.